The molecule has 0 aromatic rings. The standard InChI is InChI=1S/C3H4F4O7P2/c4-2(5,15(9,10)11)1(8)3(6,7)16(12,13)14/h(H2,9,10,11)(H2,12,13,14). The third-order valence-corrected chi connectivity index (χ3v) is 3.15. The van der Waals surface area contributed by atoms with Crippen LogP contribution in [0.3, 0.4) is 0 Å². The van der Waals surface area contributed by atoms with Crippen molar-refractivity contribution >= 4 is 21.0 Å². The summed E-state index contributed by atoms with van der Waals surface area (Å²) in [5, 5.41) is 0. The second-order valence-electron chi connectivity index (χ2n) is 2.50. The van der Waals surface area contributed by atoms with Crippen LogP contribution < -0.4 is 0 Å². The molecule has 13 heteroatoms. The minimum atomic E-state index is -6.60. The quantitative estimate of drug-likeness (QED) is 0.426. The Kier molecular flexibility index (Phi) is 3.79. The monoisotopic (exact) mass is 290 g/mol. The molecule has 0 aliphatic heterocycles. The number of hydrogen-bond acceptors (Lipinski definition) is 3. The number of rotatable bonds is 4. The van der Waals surface area contributed by atoms with Crippen molar-refractivity contribution < 1.29 is 51.1 Å². The van der Waals surface area contributed by atoms with Crippen molar-refractivity contribution in [2.45, 2.75) is 11.3 Å². The van der Waals surface area contributed by atoms with E-state index in [2.05, 4.69) is 0 Å². The number of ketones is 1. The van der Waals surface area contributed by atoms with Gasteiger partial charge >= 0.3 is 26.5 Å². The molecular formula is C3H4F4O7P2. The van der Waals surface area contributed by atoms with Gasteiger partial charge in [0.2, 0.25) is 0 Å². The topological polar surface area (TPSA) is 132 Å². The minimum Gasteiger partial charge on any atom is -0.320 e. The van der Waals surface area contributed by atoms with Crippen LogP contribution in [-0.4, -0.2) is 36.7 Å². The summed E-state index contributed by atoms with van der Waals surface area (Å²) in [4.78, 5) is 41.9. The Balaban J connectivity index is 5.58. The van der Waals surface area contributed by atoms with E-state index in [1.54, 1.807) is 0 Å². The predicted molar refractivity (Wildman–Crippen MR) is 39.0 cm³/mol. The van der Waals surface area contributed by atoms with E-state index in [0.29, 0.717) is 0 Å². The first-order valence-corrected chi connectivity index (χ1v) is 6.30. The van der Waals surface area contributed by atoms with Gasteiger partial charge in [0.15, 0.2) is 0 Å². The van der Waals surface area contributed by atoms with Gasteiger partial charge in [-0.25, -0.2) is 0 Å². The van der Waals surface area contributed by atoms with Crippen LogP contribution in [0.2, 0.25) is 0 Å². The lowest BCUT2D eigenvalue weighted by molar-refractivity contribution is -0.152. The van der Waals surface area contributed by atoms with Gasteiger partial charge in [-0.15, -0.1) is 0 Å². The van der Waals surface area contributed by atoms with Crippen molar-refractivity contribution in [1.29, 1.82) is 0 Å². The van der Waals surface area contributed by atoms with Gasteiger partial charge in [0.05, 0.1) is 0 Å². The zero-order valence-electron chi connectivity index (χ0n) is 6.92. The highest BCUT2D eigenvalue weighted by Crippen LogP contribution is 2.61. The fourth-order valence-corrected chi connectivity index (χ4v) is 1.34. The third kappa shape index (κ3) is 2.50. The third-order valence-electron chi connectivity index (χ3n) is 1.28. The summed E-state index contributed by atoms with van der Waals surface area (Å²) in [6.07, 6.45) is 0. The largest absolute Gasteiger partial charge is 0.409 e. The zero-order valence-corrected chi connectivity index (χ0v) is 8.71. The highest BCUT2D eigenvalue weighted by atomic mass is 31.2. The van der Waals surface area contributed by atoms with Gasteiger partial charge in [0.25, 0.3) is 5.78 Å². The molecule has 0 saturated heterocycles. The predicted octanol–water partition coefficient (Wildman–Crippen LogP) is 0.0965. The molecular weight excluding hydrogens is 286 g/mol. The molecule has 0 aliphatic rings. The van der Waals surface area contributed by atoms with E-state index in [1.165, 1.54) is 0 Å². The van der Waals surface area contributed by atoms with Crippen LogP contribution in [0, 0.1) is 0 Å². The van der Waals surface area contributed by atoms with Crippen molar-refractivity contribution in [2.75, 3.05) is 0 Å². The lowest BCUT2D eigenvalue weighted by Gasteiger charge is -2.22. The van der Waals surface area contributed by atoms with E-state index >= 15 is 0 Å². The molecule has 96 valence electrons. The van der Waals surface area contributed by atoms with E-state index in [9.17, 15) is 31.5 Å². The van der Waals surface area contributed by atoms with Crippen LogP contribution in [0.5, 0.6) is 0 Å². The highest BCUT2D eigenvalue weighted by Gasteiger charge is 2.70. The van der Waals surface area contributed by atoms with Crippen molar-refractivity contribution in [3.05, 3.63) is 0 Å². The lowest BCUT2D eigenvalue weighted by atomic mass is 10.4. The average molecular weight is 290 g/mol. The molecule has 0 spiro atoms. The molecule has 0 aliphatic carbocycles. The number of carbonyl (C=O) groups excluding carboxylic acids is 1. The summed E-state index contributed by atoms with van der Waals surface area (Å²) >= 11 is 0. The van der Waals surface area contributed by atoms with Gasteiger partial charge < -0.3 is 19.6 Å². The smallest absolute Gasteiger partial charge is 0.320 e. The van der Waals surface area contributed by atoms with Crippen molar-refractivity contribution in [1.82, 2.24) is 0 Å². The summed E-state index contributed by atoms with van der Waals surface area (Å²) < 4.78 is 69.7. The van der Waals surface area contributed by atoms with Crippen LogP contribution >= 0.6 is 15.2 Å². The van der Waals surface area contributed by atoms with Gasteiger partial charge in [0.1, 0.15) is 0 Å². The maximum atomic E-state index is 12.4. The van der Waals surface area contributed by atoms with Crippen LogP contribution in [0.15, 0.2) is 0 Å². The van der Waals surface area contributed by atoms with Crippen molar-refractivity contribution in [3.8, 4) is 0 Å². The normalized spacial score (nSPS) is 15.0. The Labute approximate surface area is 84.4 Å². The summed E-state index contributed by atoms with van der Waals surface area (Å²) in [5.74, 6) is -3.83. The minimum absolute atomic E-state index is 3.83. The van der Waals surface area contributed by atoms with Gasteiger partial charge in [-0.2, -0.15) is 17.6 Å². The van der Waals surface area contributed by atoms with Gasteiger partial charge in [0, 0.05) is 0 Å². The van der Waals surface area contributed by atoms with Crippen LogP contribution in [-0.2, 0) is 13.9 Å². The summed E-state index contributed by atoms with van der Waals surface area (Å²) in [6, 6.07) is 0. The Morgan fingerprint density at radius 1 is 0.812 bits per heavy atom. The van der Waals surface area contributed by atoms with Gasteiger partial charge in [-0.3, -0.25) is 13.9 Å². The molecule has 0 aromatic heterocycles. The number of halogens is 4. The molecule has 0 radical (unpaired) electrons. The van der Waals surface area contributed by atoms with E-state index in [1.807, 2.05) is 0 Å². The first kappa shape index (κ1) is 15.7. The van der Waals surface area contributed by atoms with Gasteiger partial charge in [-0.1, -0.05) is 0 Å². The molecule has 0 heterocycles. The zero-order chi connectivity index (χ0) is 13.6. The Morgan fingerprint density at radius 2 is 1.00 bits per heavy atom. The van der Waals surface area contributed by atoms with E-state index in [-0.39, 0.29) is 0 Å². The number of alkyl halides is 4. The fourth-order valence-electron chi connectivity index (χ4n) is 0.446. The molecule has 0 bridgehead atoms. The molecule has 0 aromatic carbocycles. The molecule has 0 fully saturated rings. The Bertz CT molecular complexity index is 356. The maximum absolute atomic E-state index is 12.4. The maximum Gasteiger partial charge on any atom is 0.409 e. The van der Waals surface area contributed by atoms with E-state index in [0.717, 1.165) is 0 Å². The van der Waals surface area contributed by atoms with Crippen LogP contribution in [0.1, 0.15) is 0 Å². The molecule has 0 saturated carbocycles. The average Bonchev–Trinajstić information content (AvgIpc) is 1.98. The summed E-state index contributed by atoms with van der Waals surface area (Å²) in [5.41, 5.74) is -11.8. The molecule has 0 unspecified atom stereocenters. The van der Waals surface area contributed by atoms with Crippen molar-refractivity contribution in [3.63, 3.8) is 0 Å². The molecule has 0 rings (SSSR count). The fraction of sp³-hybridized carbons (Fsp3) is 0.667. The number of hydrogen-bond donors (Lipinski definition) is 4. The Hall–Kier alpha value is -0.310. The highest BCUT2D eigenvalue weighted by molar-refractivity contribution is 7.56. The van der Waals surface area contributed by atoms with E-state index in [4.69, 9.17) is 19.6 Å². The SMILES string of the molecule is O=C(C(F)(F)P(=O)(O)O)C(F)(F)P(=O)(O)O. The lowest BCUT2D eigenvalue weighted by Crippen LogP contribution is -2.42. The number of Topliss-reactive ketones (excluding diaryl/α,β-unsaturated/α-hetero) is 1. The second-order valence-corrected chi connectivity index (χ2v) is 5.80. The van der Waals surface area contributed by atoms with E-state index < -0.39 is 32.3 Å². The number of carbonyl (C=O) groups is 1. The molecule has 0 amide bonds. The first-order valence-electron chi connectivity index (χ1n) is 3.07. The molecule has 4 N–H and O–H groups in total. The van der Waals surface area contributed by atoms with Gasteiger partial charge in [-0.05, 0) is 0 Å². The second kappa shape index (κ2) is 3.86. The summed E-state index contributed by atoms with van der Waals surface area (Å²) in [6.45, 7) is 0. The van der Waals surface area contributed by atoms with Crippen LogP contribution in [0.4, 0.5) is 17.6 Å². The first-order chi connectivity index (χ1) is 6.65. The molecule has 7 nitrogen and oxygen atoms in total. The summed E-state index contributed by atoms with van der Waals surface area (Å²) in [7, 11) is -13.2. The molecule has 16 heavy (non-hydrogen) atoms. The van der Waals surface area contributed by atoms with Crippen molar-refractivity contribution in [2.24, 2.45) is 0 Å². The molecule has 0 atom stereocenters. The Morgan fingerprint density at radius 3 is 1.12 bits per heavy atom. The van der Waals surface area contributed by atoms with Crippen LogP contribution in [0.25, 0.3) is 0 Å².